The average molecular weight is 357 g/mol. The zero-order valence-electron chi connectivity index (χ0n) is 14.5. The van der Waals surface area contributed by atoms with Gasteiger partial charge in [-0.1, -0.05) is 0 Å². The molecule has 3 aromatic rings. The highest BCUT2D eigenvalue weighted by Crippen LogP contribution is 2.22. The summed E-state index contributed by atoms with van der Waals surface area (Å²) < 4.78 is 7.08. The van der Waals surface area contributed by atoms with Crippen molar-refractivity contribution in [1.29, 1.82) is 0 Å². The first-order valence-corrected chi connectivity index (χ1v) is 8.72. The number of pyridine rings is 1. The average Bonchev–Trinajstić information content (AvgIpc) is 2.92. The number of fused-ring (bicyclic) bond motifs is 1. The van der Waals surface area contributed by atoms with Crippen LogP contribution in [-0.2, 0) is 6.54 Å². The fourth-order valence-electron chi connectivity index (χ4n) is 2.62. The molecule has 0 aliphatic carbocycles. The van der Waals surface area contributed by atoms with Crippen LogP contribution in [0.4, 0.5) is 5.13 Å². The third kappa shape index (κ3) is 3.15. The molecule has 0 unspecified atom stereocenters. The van der Waals surface area contributed by atoms with Crippen molar-refractivity contribution in [3.63, 3.8) is 0 Å². The van der Waals surface area contributed by atoms with Crippen LogP contribution in [-0.4, -0.2) is 22.6 Å². The van der Waals surface area contributed by atoms with Crippen LogP contribution in [0.25, 0.3) is 10.9 Å². The summed E-state index contributed by atoms with van der Waals surface area (Å²) in [7, 11) is 1.54. The van der Waals surface area contributed by atoms with Gasteiger partial charge < -0.3 is 9.30 Å². The predicted molar refractivity (Wildman–Crippen MR) is 100.0 cm³/mol. The van der Waals surface area contributed by atoms with Gasteiger partial charge in [-0.15, -0.1) is 11.3 Å². The molecule has 130 valence electrons. The molecule has 0 saturated heterocycles. The van der Waals surface area contributed by atoms with Crippen molar-refractivity contribution in [3.05, 3.63) is 50.8 Å². The van der Waals surface area contributed by atoms with E-state index < -0.39 is 5.91 Å². The first-order valence-electron chi connectivity index (χ1n) is 7.91. The monoisotopic (exact) mass is 357 g/mol. The Morgan fingerprint density at radius 1 is 1.36 bits per heavy atom. The number of nitrogens with one attached hydrogen (secondary N) is 1. The Morgan fingerprint density at radius 2 is 2.12 bits per heavy atom. The molecule has 2 heterocycles. The normalized spacial score (nSPS) is 10.9. The fraction of sp³-hybridized carbons (Fsp3) is 0.278. The molecule has 0 aliphatic rings. The van der Waals surface area contributed by atoms with E-state index in [1.54, 1.807) is 25.4 Å². The molecule has 1 N–H and O–H groups in total. The number of carbonyl (C=O) groups excluding carboxylic acids is 1. The van der Waals surface area contributed by atoms with Crippen molar-refractivity contribution in [2.24, 2.45) is 0 Å². The highest BCUT2D eigenvalue weighted by molar-refractivity contribution is 7.15. The molecule has 0 radical (unpaired) electrons. The van der Waals surface area contributed by atoms with Crippen molar-refractivity contribution in [1.82, 2.24) is 9.55 Å². The maximum absolute atomic E-state index is 12.8. The van der Waals surface area contributed by atoms with Crippen LogP contribution < -0.4 is 15.5 Å². The van der Waals surface area contributed by atoms with Crippen molar-refractivity contribution in [2.75, 3.05) is 12.4 Å². The topological polar surface area (TPSA) is 73.2 Å². The molecule has 0 saturated carbocycles. The molecule has 25 heavy (non-hydrogen) atoms. The molecule has 7 heteroatoms. The summed E-state index contributed by atoms with van der Waals surface area (Å²) in [5.74, 6) is 0.127. The lowest BCUT2D eigenvalue weighted by atomic mass is 10.1. The van der Waals surface area contributed by atoms with Crippen molar-refractivity contribution >= 4 is 33.3 Å². The van der Waals surface area contributed by atoms with Crippen LogP contribution in [0.1, 0.15) is 27.9 Å². The maximum atomic E-state index is 12.8. The number of amides is 1. The summed E-state index contributed by atoms with van der Waals surface area (Å²) in [5, 5.41) is 3.68. The highest BCUT2D eigenvalue weighted by Gasteiger charge is 2.17. The maximum Gasteiger partial charge on any atom is 0.262 e. The molecular formula is C18H19N3O3S. The van der Waals surface area contributed by atoms with E-state index in [0.717, 1.165) is 16.1 Å². The third-order valence-corrected chi connectivity index (χ3v) is 5.11. The Balaban J connectivity index is 2.10. The number of aromatic nitrogens is 2. The van der Waals surface area contributed by atoms with E-state index in [9.17, 15) is 9.59 Å². The van der Waals surface area contributed by atoms with Gasteiger partial charge in [-0.25, -0.2) is 4.98 Å². The van der Waals surface area contributed by atoms with Gasteiger partial charge in [-0.3, -0.25) is 14.9 Å². The predicted octanol–water partition coefficient (Wildman–Crippen LogP) is 3.36. The number of hydrogen-bond acceptors (Lipinski definition) is 5. The second kappa shape index (κ2) is 6.68. The lowest BCUT2D eigenvalue weighted by Crippen LogP contribution is -2.23. The number of methoxy groups -OCH3 is 1. The Bertz CT molecular complexity index is 1000. The first-order chi connectivity index (χ1) is 11.9. The standard InChI is InChI=1S/C18H19N3O3S/c1-5-21-9-14(17(23)20-18-19-10(2)11(3)25-18)16(22)13-8-12(24-4)6-7-15(13)21/h6-9H,5H2,1-4H3,(H,19,20,23). The van der Waals surface area contributed by atoms with Crippen molar-refractivity contribution < 1.29 is 9.53 Å². The van der Waals surface area contributed by atoms with Gasteiger partial charge in [-0.2, -0.15) is 0 Å². The van der Waals surface area contributed by atoms with Crippen LogP contribution in [0, 0.1) is 13.8 Å². The minimum Gasteiger partial charge on any atom is -0.497 e. The summed E-state index contributed by atoms with van der Waals surface area (Å²) in [6.45, 7) is 6.42. The van der Waals surface area contributed by atoms with Gasteiger partial charge in [-0.05, 0) is 39.0 Å². The lowest BCUT2D eigenvalue weighted by molar-refractivity contribution is 0.102. The molecule has 2 aromatic heterocycles. The molecule has 1 amide bonds. The number of rotatable bonds is 4. The lowest BCUT2D eigenvalue weighted by Gasteiger charge is -2.12. The number of benzene rings is 1. The summed E-state index contributed by atoms with van der Waals surface area (Å²) in [4.78, 5) is 30.8. The van der Waals surface area contributed by atoms with Gasteiger partial charge in [0.05, 0.1) is 23.7 Å². The van der Waals surface area contributed by atoms with E-state index in [4.69, 9.17) is 4.74 Å². The minimum atomic E-state index is -0.453. The largest absolute Gasteiger partial charge is 0.497 e. The molecule has 0 bridgehead atoms. The van der Waals surface area contributed by atoms with E-state index in [2.05, 4.69) is 10.3 Å². The Morgan fingerprint density at radius 3 is 2.72 bits per heavy atom. The van der Waals surface area contributed by atoms with Gasteiger partial charge in [0.15, 0.2) is 5.13 Å². The van der Waals surface area contributed by atoms with Gasteiger partial charge in [0.2, 0.25) is 5.43 Å². The number of carbonyl (C=O) groups is 1. The van der Waals surface area contributed by atoms with Crippen molar-refractivity contribution in [3.8, 4) is 5.75 Å². The quantitative estimate of drug-likeness (QED) is 0.777. The highest BCUT2D eigenvalue weighted by atomic mass is 32.1. The number of thiazole rings is 1. The molecule has 3 rings (SSSR count). The Kier molecular flexibility index (Phi) is 4.59. The van der Waals surface area contributed by atoms with E-state index in [1.807, 2.05) is 31.4 Å². The van der Waals surface area contributed by atoms with Crippen LogP contribution in [0.3, 0.4) is 0 Å². The number of ether oxygens (including phenoxy) is 1. The van der Waals surface area contributed by atoms with Gasteiger partial charge in [0.25, 0.3) is 5.91 Å². The van der Waals surface area contributed by atoms with Crippen LogP contribution >= 0.6 is 11.3 Å². The van der Waals surface area contributed by atoms with E-state index in [-0.39, 0.29) is 11.0 Å². The van der Waals surface area contributed by atoms with E-state index in [1.165, 1.54) is 11.3 Å². The molecule has 6 nitrogen and oxygen atoms in total. The fourth-order valence-corrected chi connectivity index (χ4v) is 3.43. The van der Waals surface area contributed by atoms with E-state index in [0.29, 0.717) is 22.8 Å². The number of anilines is 1. The van der Waals surface area contributed by atoms with Gasteiger partial charge in [0, 0.05) is 17.6 Å². The molecule has 0 atom stereocenters. The number of aryl methyl sites for hydroxylation is 3. The second-order valence-electron chi connectivity index (χ2n) is 5.66. The van der Waals surface area contributed by atoms with Crippen LogP contribution in [0.2, 0.25) is 0 Å². The number of nitrogens with zero attached hydrogens (tertiary/aromatic N) is 2. The summed E-state index contributed by atoms with van der Waals surface area (Å²) >= 11 is 1.39. The Hall–Kier alpha value is -2.67. The first kappa shape index (κ1) is 17.2. The smallest absolute Gasteiger partial charge is 0.262 e. The van der Waals surface area contributed by atoms with Gasteiger partial charge in [0.1, 0.15) is 11.3 Å². The van der Waals surface area contributed by atoms with E-state index >= 15 is 0 Å². The second-order valence-corrected chi connectivity index (χ2v) is 6.86. The molecule has 0 fully saturated rings. The molecular weight excluding hydrogens is 338 g/mol. The zero-order chi connectivity index (χ0) is 18.1. The van der Waals surface area contributed by atoms with Crippen molar-refractivity contribution in [2.45, 2.75) is 27.3 Å². The summed E-state index contributed by atoms with van der Waals surface area (Å²) in [6.07, 6.45) is 1.60. The SMILES string of the molecule is CCn1cc(C(=O)Nc2nc(C)c(C)s2)c(=O)c2cc(OC)ccc21. The Labute approximate surface area is 149 Å². The summed E-state index contributed by atoms with van der Waals surface area (Å²) in [5.41, 5.74) is 1.41. The molecule has 0 spiro atoms. The zero-order valence-corrected chi connectivity index (χ0v) is 15.4. The van der Waals surface area contributed by atoms with Crippen LogP contribution in [0.15, 0.2) is 29.2 Å². The van der Waals surface area contributed by atoms with Gasteiger partial charge >= 0.3 is 0 Å². The third-order valence-electron chi connectivity index (χ3n) is 4.12. The molecule has 1 aromatic carbocycles. The number of hydrogen-bond donors (Lipinski definition) is 1. The molecule has 0 aliphatic heterocycles. The minimum absolute atomic E-state index is 0.0908. The summed E-state index contributed by atoms with van der Waals surface area (Å²) in [6, 6.07) is 5.29. The van der Waals surface area contributed by atoms with Crippen LogP contribution in [0.5, 0.6) is 5.75 Å².